The maximum atomic E-state index is 2.36. The van der Waals surface area contributed by atoms with Crippen molar-refractivity contribution in [3.8, 4) is 0 Å². The highest BCUT2D eigenvalue weighted by Crippen LogP contribution is 2.17. The van der Waals surface area contributed by atoms with Gasteiger partial charge in [0.1, 0.15) is 0 Å². The second-order valence-corrected chi connectivity index (χ2v) is 7.16. The van der Waals surface area contributed by atoms with E-state index in [0.29, 0.717) is 0 Å². The molecule has 0 heteroatoms. The number of hydrogen-bond donors (Lipinski definition) is 0. The smallest absolute Gasteiger partial charge is 0.0276 e. The quantitative estimate of drug-likeness (QED) is 0.289. The fourth-order valence-electron chi connectivity index (χ4n) is 3.41. The third-order valence-electron chi connectivity index (χ3n) is 4.97. The first-order valence-corrected chi connectivity index (χ1v) is 10.4. The molecule has 0 aliphatic heterocycles. The van der Waals surface area contributed by atoms with Crippen LogP contribution in [0.5, 0.6) is 0 Å². The second-order valence-electron chi connectivity index (χ2n) is 7.16. The molecule has 0 saturated carbocycles. The molecule has 1 aromatic rings. The molecule has 0 spiro atoms. The molecule has 0 amide bonds. The zero-order valence-electron chi connectivity index (χ0n) is 15.9. The van der Waals surface area contributed by atoms with Crippen molar-refractivity contribution in [3.05, 3.63) is 35.4 Å². The van der Waals surface area contributed by atoms with Crippen molar-refractivity contribution in [2.24, 2.45) is 0 Å². The topological polar surface area (TPSA) is 0 Å². The predicted molar refractivity (Wildman–Crippen MR) is 105 cm³/mol. The highest BCUT2D eigenvalue weighted by atomic mass is 14.1. The minimum absolute atomic E-state index is 1.29. The maximum Gasteiger partial charge on any atom is -0.0276 e. The van der Waals surface area contributed by atoms with Crippen LogP contribution in [0, 0.1) is 0 Å². The van der Waals surface area contributed by atoms with Crippen LogP contribution < -0.4 is 0 Å². The Kier molecular flexibility index (Phi) is 13.0. The zero-order chi connectivity index (χ0) is 16.6. The van der Waals surface area contributed by atoms with E-state index in [1.54, 1.807) is 11.1 Å². The fraction of sp³-hybridized carbons (Fsp3) is 0.739. The second kappa shape index (κ2) is 14.8. The Morgan fingerprint density at radius 1 is 0.478 bits per heavy atom. The van der Waals surface area contributed by atoms with E-state index in [-0.39, 0.29) is 0 Å². The van der Waals surface area contributed by atoms with Gasteiger partial charge in [-0.15, -0.1) is 0 Å². The minimum Gasteiger partial charge on any atom is -0.0654 e. The number of benzene rings is 1. The lowest BCUT2D eigenvalue weighted by Crippen LogP contribution is -1.95. The van der Waals surface area contributed by atoms with Crippen molar-refractivity contribution >= 4 is 0 Å². The van der Waals surface area contributed by atoms with Crippen LogP contribution in [0.15, 0.2) is 24.3 Å². The van der Waals surface area contributed by atoms with Crippen molar-refractivity contribution in [2.45, 2.75) is 110 Å². The molecular formula is C23H40. The van der Waals surface area contributed by atoms with E-state index in [2.05, 4.69) is 38.1 Å². The van der Waals surface area contributed by atoms with Crippen LogP contribution in [0.4, 0.5) is 0 Å². The number of unbranched alkanes of at least 4 members (excludes halogenated alkanes) is 11. The summed E-state index contributed by atoms with van der Waals surface area (Å²) in [5.41, 5.74) is 3.24. The molecule has 0 bridgehead atoms. The Morgan fingerprint density at radius 3 is 1.22 bits per heavy atom. The van der Waals surface area contributed by atoms with Crippen molar-refractivity contribution in [1.82, 2.24) is 0 Å². The molecule has 0 aliphatic carbocycles. The molecule has 0 unspecified atom stereocenters. The van der Waals surface area contributed by atoms with Crippen LogP contribution in [0.3, 0.4) is 0 Å². The van der Waals surface area contributed by atoms with Crippen LogP contribution in [-0.2, 0) is 12.8 Å². The van der Waals surface area contributed by atoms with Crippen molar-refractivity contribution in [3.63, 3.8) is 0 Å². The van der Waals surface area contributed by atoms with Gasteiger partial charge in [-0.1, -0.05) is 109 Å². The first-order chi connectivity index (χ1) is 11.4. The van der Waals surface area contributed by atoms with Crippen LogP contribution in [-0.4, -0.2) is 0 Å². The van der Waals surface area contributed by atoms with Gasteiger partial charge in [-0.2, -0.15) is 0 Å². The summed E-state index contributed by atoms with van der Waals surface area (Å²) in [6, 6.07) is 9.17. The molecule has 0 N–H and O–H groups in total. The van der Waals surface area contributed by atoms with Gasteiger partial charge in [0.05, 0.1) is 0 Å². The minimum atomic E-state index is 1.29. The van der Waals surface area contributed by atoms with E-state index in [1.165, 1.54) is 96.3 Å². The van der Waals surface area contributed by atoms with Crippen LogP contribution in [0.1, 0.15) is 108 Å². The van der Waals surface area contributed by atoms with Crippen LogP contribution in [0.25, 0.3) is 0 Å². The normalized spacial score (nSPS) is 11.0. The zero-order valence-corrected chi connectivity index (χ0v) is 15.9. The van der Waals surface area contributed by atoms with Crippen molar-refractivity contribution in [1.29, 1.82) is 0 Å². The lowest BCUT2D eigenvalue weighted by molar-refractivity contribution is 0.586. The van der Waals surface area contributed by atoms with Gasteiger partial charge in [0.25, 0.3) is 0 Å². The fourth-order valence-corrected chi connectivity index (χ4v) is 3.41. The lowest BCUT2D eigenvalue weighted by atomic mass is 9.96. The van der Waals surface area contributed by atoms with Crippen LogP contribution >= 0.6 is 0 Å². The van der Waals surface area contributed by atoms with Gasteiger partial charge in [0, 0.05) is 0 Å². The van der Waals surface area contributed by atoms with Gasteiger partial charge < -0.3 is 0 Å². The average Bonchev–Trinajstić information content (AvgIpc) is 2.58. The van der Waals surface area contributed by atoms with Crippen molar-refractivity contribution < 1.29 is 0 Å². The standard InChI is InChI=1S/C23H40/c1-3-5-7-9-11-13-15-19-23-21-17-16-20-22(23)18-14-12-10-8-6-4-2/h16-17,20-21H,3-15,18-19H2,1-2H3. The first-order valence-electron chi connectivity index (χ1n) is 10.4. The Balaban J connectivity index is 2.17. The number of rotatable bonds is 15. The summed E-state index contributed by atoms with van der Waals surface area (Å²) >= 11 is 0. The molecule has 0 atom stereocenters. The van der Waals surface area contributed by atoms with E-state index in [4.69, 9.17) is 0 Å². The van der Waals surface area contributed by atoms with Gasteiger partial charge in [0.2, 0.25) is 0 Å². The average molecular weight is 317 g/mol. The Morgan fingerprint density at radius 2 is 0.826 bits per heavy atom. The van der Waals surface area contributed by atoms with Crippen LogP contribution in [0.2, 0.25) is 0 Å². The van der Waals surface area contributed by atoms with Gasteiger partial charge in [-0.05, 0) is 36.8 Å². The molecule has 0 aliphatic rings. The third-order valence-corrected chi connectivity index (χ3v) is 4.97. The third kappa shape index (κ3) is 10.6. The highest BCUT2D eigenvalue weighted by Gasteiger charge is 2.02. The summed E-state index contributed by atoms with van der Waals surface area (Å²) in [5, 5.41) is 0. The van der Waals surface area contributed by atoms with E-state index >= 15 is 0 Å². The Hall–Kier alpha value is -0.780. The largest absolute Gasteiger partial charge is 0.0654 e. The van der Waals surface area contributed by atoms with E-state index < -0.39 is 0 Å². The van der Waals surface area contributed by atoms with E-state index in [0.717, 1.165) is 0 Å². The first kappa shape index (κ1) is 20.3. The Labute approximate surface area is 146 Å². The molecule has 1 aromatic carbocycles. The summed E-state index contributed by atoms with van der Waals surface area (Å²) in [5.74, 6) is 0. The molecule has 0 heterocycles. The molecular weight excluding hydrogens is 276 g/mol. The van der Waals surface area contributed by atoms with Gasteiger partial charge in [-0.3, -0.25) is 0 Å². The van der Waals surface area contributed by atoms with E-state index in [9.17, 15) is 0 Å². The molecule has 0 aromatic heterocycles. The molecule has 0 saturated heterocycles. The summed E-state index contributed by atoms with van der Waals surface area (Å²) in [4.78, 5) is 0. The number of hydrogen-bond acceptors (Lipinski definition) is 0. The lowest BCUT2D eigenvalue weighted by Gasteiger charge is -2.09. The summed E-state index contributed by atoms with van der Waals surface area (Å²) in [6.07, 6.45) is 20.8. The van der Waals surface area contributed by atoms with Gasteiger partial charge >= 0.3 is 0 Å². The maximum absolute atomic E-state index is 2.36. The summed E-state index contributed by atoms with van der Waals surface area (Å²) in [6.45, 7) is 4.58. The predicted octanol–water partition coefficient (Wildman–Crippen LogP) is 7.88. The highest BCUT2D eigenvalue weighted by molar-refractivity contribution is 5.27. The van der Waals surface area contributed by atoms with Gasteiger partial charge in [-0.25, -0.2) is 0 Å². The summed E-state index contributed by atoms with van der Waals surface area (Å²) < 4.78 is 0. The molecule has 132 valence electrons. The van der Waals surface area contributed by atoms with Crippen molar-refractivity contribution in [2.75, 3.05) is 0 Å². The number of aryl methyl sites for hydroxylation is 2. The Bertz CT molecular complexity index is 366. The summed E-state index contributed by atoms with van der Waals surface area (Å²) in [7, 11) is 0. The molecule has 23 heavy (non-hydrogen) atoms. The van der Waals surface area contributed by atoms with Gasteiger partial charge in [0.15, 0.2) is 0 Å². The molecule has 1 rings (SSSR count). The molecule has 0 nitrogen and oxygen atoms in total. The SMILES string of the molecule is CCCCCCCCCc1ccccc1CCCCCCCC. The molecule has 0 fully saturated rings. The monoisotopic (exact) mass is 316 g/mol. The molecule has 0 radical (unpaired) electrons. The van der Waals surface area contributed by atoms with E-state index in [1.807, 2.05) is 0 Å².